The zero-order chi connectivity index (χ0) is 13.0. The van der Waals surface area contributed by atoms with E-state index in [1.807, 2.05) is 25.1 Å². The summed E-state index contributed by atoms with van der Waals surface area (Å²) < 4.78 is 0. The number of hydrogen-bond donors (Lipinski definition) is 1. The molecule has 1 heterocycles. The number of nitrogens with zero attached hydrogens (tertiary/aromatic N) is 3. The second-order valence-electron chi connectivity index (χ2n) is 4.23. The second-order valence-corrected chi connectivity index (χ2v) is 4.23. The molecule has 2 rings (SSSR count). The summed E-state index contributed by atoms with van der Waals surface area (Å²) in [5.41, 5.74) is 7.97. The molecule has 0 unspecified atom stereocenters. The van der Waals surface area contributed by atoms with E-state index in [9.17, 15) is 0 Å². The number of aryl methyl sites for hydroxylation is 1. The topological polar surface area (TPSA) is 55.0 Å². The highest BCUT2D eigenvalue weighted by Gasteiger charge is 2.10. The minimum Gasteiger partial charge on any atom is -0.368 e. The van der Waals surface area contributed by atoms with Crippen molar-refractivity contribution in [3.63, 3.8) is 0 Å². The molecule has 0 spiro atoms. The summed E-state index contributed by atoms with van der Waals surface area (Å²) in [6.45, 7) is 5.82. The summed E-state index contributed by atoms with van der Waals surface area (Å²) in [5.74, 6) is 1.23. The van der Waals surface area contributed by atoms with Crippen molar-refractivity contribution >= 4 is 11.8 Å². The third-order valence-corrected chi connectivity index (χ3v) is 2.86. The number of benzene rings is 1. The molecule has 1 aromatic heterocycles. The van der Waals surface area contributed by atoms with Crippen LogP contribution < -0.4 is 10.6 Å². The number of nitrogens with two attached hydrogens (primary N) is 1. The Labute approximate surface area is 107 Å². The number of rotatable bonds is 4. The monoisotopic (exact) mass is 242 g/mol. The lowest BCUT2D eigenvalue weighted by atomic mass is 10.2. The average Bonchev–Trinajstić information content (AvgIpc) is 2.40. The first-order chi connectivity index (χ1) is 8.70. The van der Waals surface area contributed by atoms with Gasteiger partial charge in [0.1, 0.15) is 5.82 Å². The average molecular weight is 242 g/mol. The smallest absolute Gasteiger partial charge is 0.221 e. The lowest BCUT2D eigenvalue weighted by Crippen LogP contribution is -2.24. The molecule has 94 valence electrons. The largest absolute Gasteiger partial charge is 0.368 e. The third kappa shape index (κ3) is 2.77. The molecule has 0 bridgehead atoms. The zero-order valence-corrected chi connectivity index (χ0v) is 10.8. The van der Waals surface area contributed by atoms with Crippen molar-refractivity contribution in [2.24, 2.45) is 0 Å². The van der Waals surface area contributed by atoms with E-state index in [2.05, 4.69) is 33.9 Å². The maximum atomic E-state index is 5.66. The Morgan fingerprint density at radius 1 is 1.22 bits per heavy atom. The van der Waals surface area contributed by atoms with Gasteiger partial charge < -0.3 is 10.6 Å². The van der Waals surface area contributed by atoms with Crippen LogP contribution in [0.1, 0.15) is 18.1 Å². The molecule has 4 nitrogen and oxygen atoms in total. The zero-order valence-electron chi connectivity index (χ0n) is 10.8. The molecule has 0 saturated carbocycles. The number of anilines is 2. The van der Waals surface area contributed by atoms with Crippen molar-refractivity contribution < 1.29 is 0 Å². The quantitative estimate of drug-likeness (QED) is 0.894. The highest BCUT2D eigenvalue weighted by atomic mass is 15.2. The Balaban J connectivity index is 2.26. The molecule has 0 aliphatic carbocycles. The van der Waals surface area contributed by atoms with Gasteiger partial charge in [0.15, 0.2) is 0 Å². The molecule has 0 atom stereocenters. The van der Waals surface area contributed by atoms with E-state index in [-0.39, 0.29) is 0 Å². The fourth-order valence-corrected chi connectivity index (χ4v) is 1.91. The molecule has 0 radical (unpaired) electrons. The van der Waals surface area contributed by atoms with Crippen LogP contribution in [0.4, 0.5) is 11.8 Å². The van der Waals surface area contributed by atoms with Gasteiger partial charge in [0.2, 0.25) is 5.95 Å². The molecule has 4 heteroatoms. The van der Waals surface area contributed by atoms with Gasteiger partial charge in [0, 0.05) is 24.8 Å². The van der Waals surface area contributed by atoms with Crippen LogP contribution in [0.3, 0.4) is 0 Å². The lowest BCUT2D eigenvalue weighted by molar-refractivity contribution is 0.806. The van der Waals surface area contributed by atoms with Gasteiger partial charge >= 0.3 is 0 Å². The number of aromatic nitrogens is 2. The van der Waals surface area contributed by atoms with Crippen molar-refractivity contribution in [2.75, 3.05) is 17.2 Å². The van der Waals surface area contributed by atoms with Crippen LogP contribution in [0.15, 0.2) is 36.5 Å². The normalized spacial score (nSPS) is 10.3. The molecule has 1 aromatic carbocycles. The first kappa shape index (κ1) is 12.4. The molecule has 0 fully saturated rings. The molecule has 0 saturated heterocycles. The van der Waals surface area contributed by atoms with E-state index in [1.54, 1.807) is 6.20 Å². The lowest BCUT2D eigenvalue weighted by Gasteiger charge is -2.23. The summed E-state index contributed by atoms with van der Waals surface area (Å²) in [5, 5.41) is 0. The summed E-state index contributed by atoms with van der Waals surface area (Å²) in [4.78, 5) is 10.5. The Hall–Kier alpha value is -2.10. The van der Waals surface area contributed by atoms with Crippen molar-refractivity contribution in [3.8, 4) is 0 Å². The maximum Gasteiger partial charge on any atom is 0.221 e. The van der Waals surface area contributed by atoms with Gasteiger partial charge in [-0.1, -0.05) is 30.3 Å². The van der Waals surface area contributed by atoms with Crippen LogP contribution in [0, 0.1) is 6.92 Å². The van der Waals surface area contributed by atoms with E-state index < -0.39 is 0 Å². The SMILES string of the molecule is CCN(Cc1ccccc1)c1nc(N)ncc1C. The van der Waals surface area contributed by atoms with Gasteiger partial charge in [0.05, 0.1) is 0 Å². The maximum absolute atomic E-state index is 5.66. The van der Waals surface area contributed by atoms with Gasteiger partial charge in [-0.05, 0) is 19.4 Å². The summed E-state index contributed by atoms with van der Waals surface area (Å²) >= 11 is 0. The number of nitrogen functional groups attached to an aromatic ring is 1. The molecule has 2 aromatic rings. The van der Waals surface area contributed by atoms with Crippen LogP contribution in [0.5, 0.6) is 0 Å². The third-order valence-electron chi connectivity index (χ3n) is 2.86. The first-order valence-electron chi connectivity index (χ1n) is 6.08. The van der Waals surface area contributed by atoms with Crippen molar-refractivity contribution in [1.29, 1.82) is 0 Å². The molecule has 0 amide bonds. The molecule has 2 N–H and O–H groups in total. The van der Waals surface area contributed by atoms with Crippen LogP contribution in [0.2, 0.25) is 0 Å². The fraction of sp³-hybridized carbons (Fsp3) is 0.286. The highest BCUT2D eigenvalue weighted by Crippen LogP contribution is 2.19. The van der Waals surface area contributed by atoms with Crippen LogP contribution in [-0.4, -0.2) is 16.5 Å². The minimum absolute atomic E-state index is 0.321. The van der Waals surface area contributed by atoms with Crippen molar-refractivity contribution in [3.05, 3.63) is 47.7 Å². The Morgan fingerprint density at radius 3 is 2.61 bits per heavy atom. The van der Waals surface area contributed by atoms with Crippen LogP contribution in [-0.2, 0) is 6.54 Å². The Morgan fingerprint density at radius 2 is 1.94 bits per heavy atom. The molecule has 18 heavy (non-hydrogen) atoms. The summed E-state index contributed by atoms with van der Waals surface area (Å²) in [6.07, 6.45) is 1.77. The van der Waals surface area contributed by atoms with Crippen molar-refractivity contribution in [1.82, 2.24) is 9.97 Å². The van der Waals surface area contributed by atoms with E-state index >= 15 is 0 Å². The second kappa shape index (κ2) is 5.49. The van der Waals surface area contributed by atoms with E-state index in [0.29, 0.717) is 5.95 Å². The highest BCUT2D eigenvalue weighted by molar-refractivity contribution is 5.48. The van der Waals surface area contributed by atoms with Gasteiger partial charge in [0.25, 0.3) is 0 Å². The fourth-order valence-electron chi connectivity index (χ4n) is 1.91. The molecular weight excluding hydrogens is 224 g/mol. The predicted molar refractivity (Wildman–Crippen MR) is 74.3 cm³/mol. The van der Waals surface area contributed by atoms with E-state index in [1.165, 1.54) is 5.56 Å². The Bertz CT molecular complexity index is 510. The molecule has 0 aliphatic rings. The number of hydrogen-bond acceptors (Lipinski definition) is 4. The standard InChI is InChI=1S/C14H18N4/c1-3-18(10-12-7-5-4-6-8-12)13-11(2)9-16-14(15)17-13/h4-9H,3,10H2,1-2H3,(H2,15,16,17). The van der Waals surface area contributed by atoms with Gasteiger partial charge in [-0.2, -0.15) is 4.98 Å². The van der Waals surface area contributed by atoms with Gasteiger partial charge in [-0.15, -0.1) is 0 Å². The summed E-state index contributed by atoms with van der Waals surface area (Å²) in [6, 6.07) is 10.3. The first-order valence-corrected chi connectivity index (χ1v) is 6.08. The van der Waals surface area contributed by atoms with E-state index in [0.717, 1.165) is 24.5 Å². The van der Waals surface area contributed by atoms with Gasteiger partial charge in [-0.3, -0.25) is 0 Å². The van der Waals surface area contributed by atoms with Crippen molar-refractivity contribution in [2.45, 2.75) is 20.4 Å². The van der Waals surface area contributed by atoms with Crippen LogP contribution >= 0.6 is 0 Å². The molecular formula is C14H18N4. The Kier molecular flexibility index (Phi) is 3.77. The predicted octanol–water partition coefficient (Wildman–Crippen LogP) is 2.39. The minimum atomic E-state index is 0.321. The summed E-state index contributed by atoms with van der Waals surface area (Å²) in [7, 11) is 0. The van der Waals surface area contributed by atoms with E-state index in [4.69, 9.17) is 5.73 Å². The molecule has 0 aliphatic heterocycles. The van der Waals surface area contributed by atoms with Crippen LogP contribution in [0.25, 0.3) is 0 Å². The van der Waals surface area contributed by atoms with Gasteiger partial charge in [-0.25, -0.2) is 4.98 Å².